The van der Waals surface area contributed by atoms with Gasteiger partial charge in [-0.15, -0.1) is 0 Å². The maximum absolute atomic E-state index is 12.6. The van der Waals surface area contributed by atoms with Gasteiger partial charge in [-0.25, -0.2) is 9.48 Å². The van der Waals surface area contributed by atoms with Gasteiger partial charge in [0.2, 0.25) is 0 Å². The zero-order chi connectivity index (χ0) is 20.1. The van der Waals surface area contributed by atoms with Crippen molar-refractivity contribution in [3.05, 3.63) is 40.3 Å². The van der Waals surface area contributed by atoms with Crippen molar-refractivity contribution in [2.75, 3.05) is 20.3 Å². The molecule has 0 unspecified atom stereocenters. The van der Waals surface area contributed by atoms with E-state index in [1.165, 1.54) is 6.42 Å². The van der Waals surface area contributed by atoms with Crippen LogP contribution in [0.2, 0.25) is 0 Å². The van der Waals surface area contributed by atoms with E-state index in [-0.39, 0.29) is 37.4 Å². The predicted octanol–water partition coefficient (Wildman–Crippen LogP) is 1.34. The molecule has 1 aromatic carbocycles. The molecule has 8 heteroatoms. The number of hydrogen-bond acceptors (Lipinski definition) is 6. The molecule has 8 nitrogen and oxygen atoms in total. The minimum absolute atomic E-state index is 0.0344. The van der Waals surface area contributed by atoms with E-state index in [0.29, 0.717) is 10.8 Å². The first kappa shape index (κ1) is 20.0. The Morgan fingerprint density at radius 1 is 1.21 bits per heavy atom. The molecule has 28 heavy (non-hydrogen) atoms. The van der Waals surface area contributed by atoms with Gasteiger partial charge in [-0.3, -0.25) is 9.59 Å². The summed E-state index contributed by atoms with van der Waals surface area (Å²) in [5.74, 6) is -1.03. The van der Waals surface area contributed by atoms with Gasteiger partial charge in [-0.1, -0.05) is 37.5 Å². The number of fused-ring (bicyclic) bond motifs is 1. The van der Waals surface area contributed by atoms with Crippen LogP contribution in [0.15, 0.2) is 29.1 Å². The van der Waals surface area contributed by atoms with Gasteiger partial charge in [-0.2, -0.15) is 5.10 Å². The monoisotopic (exact) mass is 387 g/mol. The lowest BCUT2D eigenvalue weighted by Crippen LogP contribution is -2.40. The topological polar surface area (TPSA) is 102 Å². The number of benzene rings is 1. The van der Waals surface area contributed by atoms with E-state index in [4.69, 9.17) is 9.84 Å². The summed E-state index contributed by atoms with van der Waals surface area (Å²) in [6, 6.07) is 6.76. The maximum Gasteiger partial charge on any atom is 0.359 e. The Labute approximate surface area is 162 Å². The Morgan fingerprint density at radius 3 is 2.57 bits per heavy atom. The van der Waals surface area contributed by atoms with Gasteiger partial charge in [0.05, 0.1) is 18.5 Å². The Morgan fingerprint density at radius 2 is 1.89 bits per heavy atom. The van der Waals surface area contributed by atoms with E-state index in [1.807, 2.05) is 0 Å². The van der Waals surface area contributed by atoms with Crippen molar-refractivity contribution in [1.29, 1.82) is 0 Å². The second-order valence-corrected chi connectivity index (χ2v) is 7.02. The van der Waals surface area contributed by atoms with Crippen molar-refractivity contribution in [3.63, 3.8) is 0 Å². The van der Waals surface area contributed by atoms with Gasteiger partial charge in [0.25, 0.3) is 11.5 Å². The van der Waals surface area contributed by atoms with Crippen molar-refractivity contribution in [2.45, 2.75) is 44.7 Å². The number of aliphatic hydroxyl groups excluding tert-OH is 1. The summed E-state index contributed by atoms with van der Waals surface area (Å²) in [7, 11) is 1.74. The molecule has 150 valence electrons. The number of likely N-dealkylation sites (N-methyl/N-ethyl adjacent to an activating group) is 1. The molecule has 1 fully saturated rings. The van der Waals surface area contributed by atoms with Crippen molar-refractivity contribution >= 4 is 22.6 Å². The van der Waals surface area contributed by atoms with E-state index < -0.39 is 11.5 Å². The number of carbonyl (C=O) groups excluding carboxylic acids is 2. The highest BCUT2D eigenvalue weighted by Gasteiger charge is 2.24. The molecule has 1 aliphatic rings. The largest absolute Gasteiger partial charge is 0.451 e. The van der Waals surface area contributed by atoms with E-state index in [0.717, 1.165) is 30.4 Å². The van der Waals surface area contributed by atoms with Gasteiger partial charge in [-0.05, 0) is 18.9 Å². The third-order valence-electron chi connectivity index (χ3n) is 5.22. The van der Waals surface area contributed by atoms with E-state index >= 15 is 0 Å². The van der Waals surface area contributed by atoms with Crippen LogP contribution in [0.1, 0.15) is 42.6 Å². The summed E-state index contributed by atoms with van der Waals surface area (Å²) in [6.07, 6.45) is 5.33. The first-order valence-corrected chi connectivity index (χ1v) is 9.56. The number of ether oxygens (including phenoxy) is 1. The molecular formula is C20H25N3O5. The van der Waals surface area contributed by atoms with Crippen LogP contribution in [0.3, 0.4) is 0 Å². The summed E-state index contributed by atoms with van der Waals surface area (Å²) in [5, 5.41) is 13.9. The van der Waals surface area contributed by atoms with Crippen LogP contribution in [0.5, 0.6) is 0 Å². The fourth-order valence-electron chi connectivity index (χ4n) is 3.60. The van der Waals surface area contributed by atoms with Crippen LogP contribution in [0.25, 0.3) is 10.8 Å². The zero-order valence-corrected chi connectivity index (χ0v) is 16.0. The summed E-state index contributed by atoms with van der Waals surface area (Å²) in [6.45, 7) is -0.696. The lowest BCUT2D eigenvalue weighted by atomic mass is 9.94. The third-order valence-corrected chi connectivity index (χ3v) is 5.22. The molecular weight excluding hydrogens is 362 g/mol. The molecule has 2 aromatic rings. The average Bonchev–Trinajstić information content (AvgIpc) is 2.74. The summed E-state index contributed by atoms with van der Waals surface area (Å²) >= 11 is 0. The van der Waals surface area contributed by atoms with Crippen LogP contribution in [-0.4, -0.2) is 58.0 Å². The highest BCUT2D eigenvalue weighted by molar-refractivity contribution is 6.02. The first-order valence-electron chi connectivity index (χ1n) is 9.56. The Balaban J connectivity index is 1.76. The van der Waals surface area contributed by atoms with E-state index in [1.54, 1.807) is 36.2 Å². The number of rotatable bonds is 6. The molecule has 0 bridgehead atoms. The maximum atomic E-state index is 12.6. The second kappa shape index (κ2) is 8.97. The summed E-state index contributed by atoms with van der Waals surface area (Å²) < 4.78 is 6.25. The molecule has 0 atom stereocenters. The van der Waals surface area contributed by atoms with Crippen molar-refractivity contribution < 1.29 is 19.4 Å². The number of nitrogens with zero attached hydrogens (tertiary/aromatic N) is 3. The number of esters is 1. The highest BCUT2D eigenvalue weighted by Crippen LogP contribution is 2.21. The molecule has 1 heterocycles. The van der Waals surface area contributed by atoms with Crippen molar-refractivity contribution in [3.8, 4) is 0 Å². The average molecular weight is 387 g/mol. The predicted molar refractivity (Wildman–Crippen MR) is 103 cm³/mol. The molecule has 1 saturated carbocycles. The quantitative estimate of drug-likeness (QED) is 0.751. The van der Waals surface area contributed by atoms with Gasteiger partial charge >= 0.3 is 5.97 Å². The molecule has 3 rings (SSSR count). The van der Waals surface area contributed by atoms with Crippen LogP contribution < -0.4 is 5.56 Å². The molecule has 0 spiro atoms. The van der Waals surface area contributed by atoms with E-state index in [2.05, 4.69) is 5.10 Å². The van der Waals surface area contributed by atoms with Gasteiger partial charge in [0, 0.05) is 18.5 Å². The lowest BCUT2D eigenvalue weighted by molar-refractivity contribution is -0.135. The highest BCUT2D eigenvalue weighted by atomic mass is 16.5. The standard InChI is InChI=1S/C20H25N3O5/c1-22(14-7-3-2-4-8-14)17(25)13-28-20(27)18-15-9-5-6-10-16(15)19(26)23(21-18)11-12-24/h5-6,9-10,14,24H,2-4,7-8,11-13H2,1H3. The second-order valence-electron chi connectivity index (χ2n) is 7.02. The normalized spacial score (nSPS) is 14.8. The van der Waals surface area contributed by atoms with Gasteiger partial charge in [0.15, 0.2) is 12.3 Å². The van der Waals surface area contributed by atoms with Crippen LogP contribution >= 0.6 is 0 Å². The first-order chi connectivity index (χ1) is 13.5. The molecule has 1 amide bonds. The number of amides is 1. The number of carbonyl (C=O) groups is 2. The molecule has 0 aliphatic heterocycles. The number of aliphatic hydroxyl groups is 1. The smallest absolute Gasteiger partial charge is 0.359 e. The summed E-state index contributed by atoms with van der Waals surface area (Å²) in [5.41, 5.74) is -0.439. The van der Waals surface area contributed by atoms with Crippen molar-refractivity contribution in [2.24, 2.45) is 0 Å². The minimum atomic E-state index is -0.770. The SMILES string of the molecule is CN(C(=O)COC(=O)c1nn(CCO)c(=O)c2ccccc12)C1CCCCC1. The Bertz CT molecular complexity index is 918. The zero-order valence-electron chi connectivity index (χ0n) is 16.0. The van der Waals surface area contributed by atoms with Crippen molar-refractivity contribution in [1.82, 2.24) is 14.7 Å². The third kappa shape index (κ3) is 4.22. The van der Waals surface area contributed by atoms with Crippen LogP contribution in [0, 0.1) is 0 Å². The molecule has 1 aromatic heterocycles. The molecule has 0 saturated heterocycles. The lowest BCUT2D eigenvalue weighted by Gasteiger charge is -2.31. The minimum Gasteiger partial charge on any atom is -0.451 e. The fourth-order valence-corrected chi connectivity index (χ4v) is 3.60. The molecule has 1 N–H and O–H groups in total. The molecule has 1 aliphatic carbocycles. The Kier molecular flexibility index (Phi) is 6.41. The van der Waals surface area contributed by atoms with Gasteiger partial charge in [0.1, 0.15) is 0 Å². The Hall–Kier alpha value is -2.74. The van der Waals surface area contributed by atoms with E-state index in [9.17, 15) is 14.4 Å². The van der Waals surface area contributed by atoms with Gasteiger partial charge < -0.3 is 14.7 Å². The van der Waals surface area contributed by atoms with Crippen LogP contribution in [0.4, 0.5) is 0 Å². The van der Waals surface area contributed by atoms with Crippen LogP contribution in [-0.2, 0) is 16.1 Å². The fraction of sp³-hybridized carbons (Fsp3) is 0.500. The number of hydrogen-bond donors (Lipinski definition) is 1. The number of aromatic nitrogens is 2. The summed E-state index contributed by atoms with van der Waals surface area (Å²) in [4.78, 5) is 39.1. The molecule has 0 radical (unpaired) electrons.